The topological polar surface area (TPSA) is 35.5 Å². The van der Waals surface area contributed by atoms with E-state index >= 15 is 0 Å². The molecule has 3 heteroatoms. The fourth-order valence-corrected chi connectivity index (χ4v) is 2.20. The Kier molecular flexibility index (Phi) is 2.96. The highest BCUT2D eigenvalue weighted by molar-refractivity contribution is 5.53. The molecular formula is C10H16O3. The summed E-state index contributed by atoms with van der Waals surface area (Å²) in [5.74, 6) is 0.816. The van der Waals surface area contributed by atoms with Crippen LogP contribution in [0.25, 0.3) is 0 Å². The van der Waals surface area contributed by atoms with Crippen LogP contribution in [0.3, 0.4) is 0 Å². The van der Waals surface area contributed by atoms with Gasteiger partial charge in [-0.3, -0.25) is 0 Å². The lowest BCUT2D eigenvalue weighted by Crippen LogP contribution is -2.26. The molecule has 0 atom stereocenters. The van der Waals surface area contributed by atoms with E-state index in [1.54, 1.807) is 0 Å². The number of carbonyl (C=O) groups excluding carboxylic acids is 1. The number of carbonyl (C=O) groups is 1. The van der Waals surface area contributed by atoms with E-state index in [0.717, 1.165) is 45.2 Å². The van der Waals surface area contributed by atoms with E-state index in [0.29, 0.717) is 5.92 Å². The Morgan fingerprint density at radius 3 is 2.15 bits per heavy atom. The molecule has 0 aromatic rings. The predicted molar refractivity (Wildman–Crippen MR) is 47.2 cm³/mol. The van der Waals surface area contributed by atoms with E-state index in [1.165, 1.54) is 0 Å². The summed E-state index contributed by atoms with van der Waals surface area (Å²) in [6.45, 7) is 1.47. The van der Waals surface area contributed by atoms with Gasteiger partial charge < -0.3 is 14.3 Å². The molecule has 0 bridgehead atoms. The maximum Gasteiger partial charge on any atom is 0.160 e. The number of aldehydes is 1. The van der Waals surface area contributed by atoms with Crippen LogP contribution in [-0.4, -0.2) is 25.8 Å². The lowest BCUT2D eigenvalue weighted by Gasteiger charge is -2.28. The van der Waals surface area contributed by atoms with E-state index in [1.807, 2.05) is 0 Å². The summed E-state index contributed by atoms with van der Waals surface area (Å²) in [7, 11) is 0. The first kappa shape index (κ1) is 9.16. The van der Waals surface area contributed by atoms with Gasteiger partial charge in [-0.2, -0.15) is 0 Å². The Bertz CT molecular complexity index is 167. The smallest absolute Gasteiger partial charge is 0.160 e. The number of ether oxygens (including phenoxy) is 2. The molecule has 2 aliphatic rings. The minimum Gasteiger partial charge on any atom is -0.350 e. The van der Waals surface area contributed by atoms with Gasteiger partial charge in [0.1, 0.15) is 6.29 Å². The molecule has 74 valence electrons. The van der Waals surface area contributed by atoms with Crippen LogP contribution in [-0.2, 0) is 14.3 Å². The molecule has 3 nitrogen and oxygen atoms in total. The lowest BCUT2D eigenvalue weighted by atomic mass is 9.82. The van der Waals surface area contributed by atoms with Gasteiger partial charge in [-0.05, 0) is 25.7 Å². The molecule has 0 aromatic carbocycles. The molecule has 0 N–H and O–H groups in total. The zero-order chi connectivity index (χ0) is 9.10. The molecule has 1 heterocycles. The predicted octanol–water partition coefficient (Wildman–Crippen LogP) is 1.36. The molecule has 1 saturated carbocycles. The second-order valence-electron chi connectivity index (χ2n) is 3.92. The minimum absolute atomic E-state index is 0.0209. The van der Waals surface area contributed by atoms with Crippen molar-refractivity contribution in [2.75, 3.05) is 13.2 Å². The largest absolute Gasteiger partial charge is 0.350 e. The molecule has 2 fully saturated rings. The van der Waals surface area contributed by atoms with E-state index < -0.39 is 0 Å². The van der Waals surface area contributed by atoms with Crippen LogP contribution >= 0.6 is 0 Å². The Morgan fingerprint density at radius 2 is 1.62 bits per heavy atom. The van der Waals surface area contributed by atoms with Gasteiger partial charge in [-0.1, -0.05) is 0 Å². The van der Waals surface area contributed by atoms with Crippen molar-refractivity contribution >= 4 is 6.29 Å². The monoisotopic (exact) mass is 184 g/mol. The highest BCUT2D eigenvalue weighted by atomic mass is 16.7. The summed E-state index contributed by atoms with van der Waals surface area (Å²) in [6.07, 6.45) is 5.29. The average molecular weight is 184 g/mol. The number of hydrogen-bond acceptors (Lipinski definition) is 3. The van der Waals surface area contributed by atoms with E-state index in [9.17, 15) is 4.79 Å². The number of rotatable bonds is 2. The quantitative estimate of drug-likeness (QED) is 0.608. The molecular weight excluding hydrogens is 168 g/mol. The van der Waals surface area contributed by atoms with Crippen LogP contribution in [0.15, 0.2) is 0 Å². The Morgan fingerprint density at radius 1 is 1.00 bits per heavy atom. The average Bonchev–Trinajstić information content (AvgIpc) is 2.71. The van der Waals surface area contributed by atoms with Crippen LogP contribution in [0.2, 0.25) is 0 Å². The molecule has 13 heavy (non-hydrogen) atoms. The highest BCUT2D eigenvalue weighted by Gasteiger charge is 2.30. The van der Waals surface area contributed by atoms with E-state index in [2.05, 4.69) is 0 Å². The standard InChI is InChI=1S/C10H16O3/c11-7-8-1-3-9(4-2-8)10-12-5-6-13-10/h7-10H,1-6H2. The van der Waals surface area contributed by atoms with Crippen molar-refractivity contribution in [3.63, 3.8) is 0 Å². The molecule has 1 saturated heterocycles. The summed E-state index contributed by atoms with van der Waals surface area (Å²) in [5.41, 5.74) is 0. The SMILES string of the molecule is O=CC1CCC(C2OCCO2)CC1. The first-order valence-electron chi connectivity index (χ1n) is 5.08. The summed E-state index contributed by atoms with van der Waals surface area (Å²) in [4.78, 5) is 10.5. The van der Waals surface area contributed by atoms with Crippen molar-refractivity contribution < 1.29 is 14.3 Å². The second-order valence-corrected chi connectivity index (χ2v) is 3.92. The first-order valence-corrected chi connectivity index (χ1v) is 5.08. The maximum atomic E-state index is 10.5. The van der Waals surface area contributed by atoms with Crippen molar-refractivity contribution in [1.82, 2.24) is 0 Å². The minimum atomic E-state index is 0.0209. The lowest BCUT2D eigenvalue weighted by molar-refractivity contribution is -0.116. The first-order chi connectivity index (χ1) is 6.40. The summed E-state index contributed by atoms with van der Waals surface area (Å²) >= 11 is 0. The summed E-state index contributed by atoms with van der Waals surface area (Å²) in [5, 5.41) is 0. The third-order valence-corrected chi connectivity index (χ3v) is 3.04. The van der Waals surface area contributed by atoms with E-state index in [4.69, 9.17) is 9.47 Å². The normalized spacial score (nSPS) is 36.3. The van der Waals surface area contributed by atoms with E-state index in [-0.39, 0.29) is 12.2 Å². The fourth-order valence-electron chi connectivity index (χ4n) is 2.20. The summed E-state index contributed by atoms with van der Waals surface area (Å²) in [6, 6.07) is 0. The summed E-state index contributed by atoms with van der Waals surface area (Å²) < 4.78 is 10.9. The molecule has 0 amide bonds. The Balaban J connectivity index is 1.79. The Hall–Kier alpha value is -0.410. The molecule has 0 radical (unpaired) electrons. The Labute approximate surface area is 78.4 Å². The van der Waals surface area contributed by atoms with Gasteiger partial charge in [0.2, 0.25) is 0 Å². The van der Waals surface area contributed by atoms with Gasteiger partial charge >= 0.3 is 0 Å². The highest BCUT2D eigenvalue weighted by Crippen LogP contribution is 2.32. The van der Waals surface area contributed by atoms with Gasteiger partial charge in [0.25, 0.3) is 0 Å². The van der Waals surface area contributed by atoms with Crippen LogP contribution in [0.4, 0.5) is 0 Å². The van der Waals surface area contributed by atoms with Gasteiger partial charge in [-0.25, -0.2) is 0 Å². The van der Waals surface area contributed by atoms with Crippen molar-refractivity contribution in [2.45, 2.75) is 32.0 Å². The zero-order valence-corrected chi connectivity index (χ0v) is 7.78. The maximum absolute atomic E-state index is 10.5. The van der Waals surface area contributed by atoms with Crippen molar-refractivity contribution in [1.29, 1.82) is 0 Å². The van der Waals surface area contributed by atoms with Crippen LogP contribution < -0.4 is 0 Å². The molecule has 2 rings (SSSR count). The van der Waals surface area contributed by atoms with Gasteiger partial charge in [0.05, 0.1) is 13.2 Å². The number of hydrogen-bond donors (Lipinski definition) is 0. The second kappa shape index (κ2) is 4.20. The third-order valence-electron chi connectivity index (χ3n) is 3.04. The van der Waals surface area contributed by atoms with Crippen molar-refractivity contribution in [2.24, 2.45) is 11.8 Å². The van der Waals surface area contributed by atoms with Crippen LogP contribution in [0.1, 0.15) is 25.7 Å². The van der Waals surface area contributed by atoms with Gasteiger partial charge in [0, 0.05) is 11.8 Å². The zero-order valence-electron chi connectivity index (χ0n) is 7.78. The van der Waals surface area contributed by atoms with Crippen LogP contribution in [0, 0.1) is 11.8 Å². The molecule has 0 unspecified atom stereocenters. The van der Waals surface area contributed by atoms with Crippen molar-refractivity contribution in [3.8, 4) is 0 Å². The van der Waals surface area contributed by atoms with Gasteiger partial charge in [-0.15, -0.1) is 0 Å². The molecule has 0 spiro atoms. The fraction of sp³-hybridized carbons (Fsp3) is 0.900. The van der Waals surface area contributed by atoms with Crippen molar-refractivity contribution in [3.05, 3.63) is 0 Å². The van der Waals surface area contributed by atoms with Gasteiger partial charge in [0.15, 0.2) is 6.29 Å². The van der Waals surface area contributed by atoms with Crippen LogP contribution in [0.5, 0.6) is 0 Å². The molecule has 1 aliphatic heterocycles. The third kappa shape index (κ3) is 2.09. The molecule has 1 aliphatic carbocycles. The molecule has 0 aromatic heterocycles.